The Balaban J connectivity index is 2.08. The van der Waals surface area contributed by atoms with Crippen LogP contribution >= 0.6 is 0 Å². The Morgan fingerprint density at radius 3 is 2.79 bits per heavy atom. The van der Waals surface area contributed by atoms with Gasteiger partial charge in [0.15, 0.2) is 0 Å². The van der Waals surface area contributed by atoms with Crippen LogP contribution in [0.25, 0.3) is 0 Å². The number of halogens is 1. The predicted octanol–water partition coefficient (Wildman–Crippen LogP) is 2.77. The second-order valence-corrected chi connectivity index (χ2v) is 4.47. The molecule has 19 heavy (non-hydrogen) atoms. The fourth-order valence-electron chi connectivity index (χ4n) is 1.76. The third-order valence-corrected chi connectivity index (χ3v) is 2.96. The second-order valence-electron chi connectivity index (χ2n) is 4.47. The molecule has 1 aromatic carbocycles. The van der Waals surface area contributed by atoms with Crippen LogP contribution in [-0.2, 0) is 6.54 Å². The quantitative estimate of drug-likeness (QED) is 0.919. The van der Waals surface area contributed by atoms with Crippen molar-refractivity contribution in [3.05, 3.63) is 64.7 Å². The minimum atomic E-state index is -0.500. The number of nitrogens with one attached hydrogen (secondary N) is 1. The van der Waals surface area contributed by atoms with Gasteiger partial charge in [-0.15, -0.1) is 0 Å². The normalized spacial score (nSPS) is 10.3. The molecular weight excluding hydrogens is 243 g/mol. The number of hydrogen-bond donors (Lipinski definition) is 1. The fourth-order valence-corrected chi connectivity index (χ4v) is 1.76. The number of pyridine rings is 1. The lowest BCUT2D eigenvalue weighted by atomic mass is 10.1. The summed E-state index contributed by atoms with van der Waals surface area (Å²) in [7, 11) is 0. The van der Waals surface area contributed by atoms with Crippen molar-refractivity contribution in [3.63, 3.8) is 0 Å². The van der Waals surface area contributed by atoms with Crippen LogP contribution in [0.3, 0.4) is 0 Å². The van der Waals surface area contributed by atoms with Crippen LogP contribution in [0.2, 0.25) is 0 Å². The minimum Gasteiger partial charge on any atom is -0.348 e. The van der Waals surface area contributed by atoms with Gasteiger partial charge in [0.2, 0.25) is 0 Å². The SMILES string of the molecule is Cc1ccc(C(=O)NCc2cnccc2C)c(F)c1. The molecule has 0 saturated carbocycles. The van der Waals surface area contributed by atoms with E-state index in [9.17, 15) is 9.18 Å². The molecule has 0 spiro atoms. The highest BCUT2D eigenvalue weighted by Gasteiger charge is 2.11. The molecule has 98 valence electrons. The molecule has 2 aromatic rings. The predicted molar refractivity (Wildman–Crippen MR) is 71.3 cm³/mol. The summed E-state index contributed by atoms with van der Waals surface area (Å²) < 4.78 is 13.6. The molecule has 3 nitrogen and oxygen atoms in total. The fraction of sp³-hybridized carbons (Fsp3) is 0.200. The first-order valence-corrected chi connectivity index (χ1v) is 6.02. The van der Waals surface area contributed by atoms with E-state index in [4.69, 9.17) is 0 Å². The van der Waals surface area contributed by atoms with Gasteiger partial charge in [0.25, 0.3) is 5.91 Å². The molecule has 0 atom stereocenters. The molecule has 1 amide bonds. The minimum absolute atomic E-state index is 0.0622. The van der Waals surface area contributed by atoms with Gasteiger partial charge in [-0.25, -0.2) is 4.39 Å². The Morgan fingerprint density at radius 1 is 1.32 bits per heavy atom. The topological polar surface area (TPSA) is 42.0 Å². The Labute approximate surface area is 111 Å². The summed E-state index contributed by atoms with van der Waals surface area (Å²) in [4.78, 5) is 15.9. The zero-order chi connectivity index (χ0) is 13.8. The maximum atomic E-state index is 13.6. The molecular formula is C15H15FN2O. The van der Waals surface area contributed by atoms with Gasteiger partial charge in [0.05, 0.1) is 5.56 Å². The van der Waals surface area contributed by atoms with E-state index in [2.05, 4.69) is 10.3 Å². The number of carbonyl (C=O) groups is 1. The highest BCUT2D eigenvalue weighted by Crippen LogP contribution is 2.10. The third-order valence-electron chi connectivity index (χ3n) is 2.96. The molecule has 0 unspecified atom stereocenters. The van der Waals surface area contributed by atoms with Gasteiger partial charge in [0.1, 0.15) is 5.82 Å². The van der Waals surface area contributed by atoms with Crippen molar-refractivity contribution in [2.75, 3.05) is 0 Å². The molecule has 1 heterocycles. The van der Waals surface area contributed by atoms with Crippen LogP contribution in [0.5, 0.6) is 0 Å². The Kier molecular flexibility index (Phi) is 3.90. The lowest BCUT2D eigenvalue weighted by molar-refractivity contribution is 0.0947. The maximum Gasteiger partial charge on any atom is 0.254 e. The van der Waals surface area contributed by atoms with Crippen molar-refractivity contribution < 1.29 is 9.18 Å². The Bertz CT molecular complexity index is 611. The number of benzene rings is 1. The number of rotatable bonds is 3. The second kappa shape index (κ2) is 5.61. The van der Waals surface area contributed by atoms with E-state index in [1.807, 2.05) is 13.0 Å². The number of carbonyl (C=O) groups excluding carboxylic acids is 1. The zero-order valence-electron chi connectivity index (χ0n) is 10.9. The monoisotopic (exact) mass is 258 g/mol. The third kappa shape index (κ3) is 3.16. The lowest BCUT2D eigenvalue weighted by Gasteiger charge is -2.08. The molecule has 0 saturated heterocycles. The number of aryl methyl sites for hydroxylation is 2. The van der Waals surface area contributed by atoms with Gasteiger partial charge in [-0.2, -0.15) is 0 Å². The standard InChI is InChI=1S/C15H15FN2O/c1-10-3-4-13(14(16)7-10)15(19)18-9-12-8-17-6-5-11(12)2/h3-8H,9H2,1-2H3,(H,18,19). The van der Waals surface area contributed by atoms with Gasteiger partial charge < -0.3 is 5.32 Å². The molecule has 1 N–H and O–H groups in total. The summed E-state index contributed by atoms with van der Waals surface area (Å²) in [5.41, 5.74) is 2.81. The largest absolute Gasteiger partial charge is 0.348 e. The summed E-state index contributed by atoms with van der Waals surface area (Å²) in [6, 6.07) is 6.43. The van der Waals surface area contributed by atoms with Crippen molar-refractivity contribution >= 4 is 5.91 Å². The number of nitrogens with zero attached hydrogens (tertiary/aromatic N) is 1. The van der Waals surface area contributed by atoms with Gasteiger partial charge in [0, 0.05) is 18.9 Å². The van der Waals surface area contributed by atoms with E-state index in [0.29, 0.717) is 6.54 Å². The molecule has 0 aliphatic heterocycles. The van der Waals surface area contributed by atoms with Crippen LogP contribution < -0.4 is 5.32 Å². The number of aromatic nitrogens is 1. The van der Waals surface area contributed by atoms with Gasteiger partial charge in [-0.1, -0.05) is 6.07 Å². The van der Waals surface area contributed by atoms with Gasteiger partial charge >= 0.3 is 0 Å². The lowest BCUT2D eigenvalue weighted by Crippen LogP contribution is -2.24. The first kappa shape index (κ1) is 13.2. The summed E-state index contributed by atoms with van der Waals surface area (Å²) in [6.07, 6.45) is 3.39. The first-order valence-electron chi connectivity index (χ1n) is 6.02. The smallest absolute Gasteiger partial charge is 0.254 e. The molecule has 0 fully saturated rings. The highest BCUT2D eigenvalue weighted by atomic mass is 19.1. The van der Waals surface area contributed by atoms with E-state index in [0.717, 1.165) is 16.7 Å². The van der Waals surface area contributed by atoms with E-state index in [1.165, 1.54) is 12.1 Å². The average molecular weight is 258 g/mol. The van der Waals surface area contributed by atoms with Gasteiger partial charge in [-0.05, 0) is 48.7 Å². The van der Waals surface area contributed by atoms with Crippen LogP contribution in [0.1, 0.15) is 27.0 Å². The molecule has 0 aliphatic carbocycles. The van der Waals surface area contributed by atoms with E-state index in [-0.39, 0.29) is 5.56 Å². The Hall–Kier alpha value is -2.23. The van der Waals surface area contributed by atoms with Crippen LogP contribution in [-0.4, -0.2) is 10.9 Å². The molecule has 0 aliphatic rings. The van der Waals surface area contributed by atoms with Crippen molar-refractivity contribution in [1.82, 2.24) is 10.3 Å². The van der Waals surface area contributed by atoms with E-state index >= 15 is 0 Å². The van der Waals surface area contributed by atoms with Crippen LogP contribution in [0.15, 0.2) is 36.7 Å². The first-order chi connectivity index (χ1) is 9.08. The molecule has 2 rings (SSSR count). The Morgan fingerprint density at radius 2 is 2.11 bits per heavy atom. The highest BCUT2D eigenvalue weighted by molar-refractivity contribution is 5.94. The zero-order valence-corrected chi connectivity index (χ0v) is 10.9. The van der Waals surface area contributed by atoms with Crippen molar-refractivity contribution in [3.8, 4) is 0 Å². The summed E-state index contributed by atoms with van der Waals surface area (Å²) in [5.74, 6) is -0.916. The summed E-state index contributed by atoms with van der Waals surface area (Å²) in [6.45, 7) is 4.06. The van der Waals surface area contributed by atoms with E-state index in [1.54, 1.807) is 25.4 Å². The van der Waals surface area contributed by atoms with Crippen molar-refractivity contribution in [2.45, 2.75) is 20.4 Å². The molecule has 0 radical (unpaired) electrons. The van der Waals surface area contributed by atoms with Crippen molar-refractivity contribution in [2.24, 2.45) is 0 Å². The van der Waals surface area contributed by atoms with Crippen LogP contribution in [0, 0.1) is 19.7 Å². The molecule has 1 aromatic heterocycles. The number of hydrogen-bond acceptors (Lipinski definition) is 2. The molecule has 4 heteroatoms. The maximum absolute atomic E-state index is 13.6. The number of amides is 1. The molecule has 0 bridgehead atoms. The summed E-state index contributed by atoms with van der Waals surface area (Å²) in [5, 5.41) is 2.70. The van der Waals surface area contributed by atoms with Gasteiger partial charge in [-0.3, -0.25) is 9.78 Å². The summed E-state index contributed by atoms with van der Waals surface area (Å²) >= 11 is 0. The van der Waals surface area contributed by atoms with Crippen LogP contribution in [0.4, 0.5) is 4.39 Å². The van der Waals surface area contributed by atoms with Crippen molar-refractivity contribution in [1.29, 1.82) is 0 Å². The average Bonchev–Trinajstić information content (AvgIpc) is 2.37. The van der Waals surface area contributed by atoms with E-state index < -0.39 is 11.7 Å².